The molecule has 55 heavy (non-hydrogen) atoms. The fourth-order valence-corrected chi connectivity index (χ4v) is 10.9. The Morgan fingerprint density at radius 1 is 0.455 bits per heavy atom. The van der Waals surface area contributed by atoms with E-state index in [1.807, 2.05) is 23.6 Å². The molecule has 0 fully saturated rings. The molecular formula is C52H32N2S. The summed E-state index contributed by atoms with van der Waals surface area (Å²) >= 11 is 1.84. The molecule has 0 aliphatic heterocycles. The van der Waals surface area contributed by atoms with Gasteiger partial charge in [0.15, 0.2) is 0 Å². The summed E-state index contributed by atoms with van der Waals surface area (Å²) < 4.78 is 2.48. The van der Waals surface area contributed by atoms with Crippen LogP contribution >= 0.6 is 11.3 Å². The van der Waals surface area contributed by atoms with Crippen LogP contribution in [0.15, 0.2) is 194 Å². The van der Waals surface area contributed by atoms with Crippen LogP contribution in [0.1, 0.15) is 22.3 Å². The molecule has 0 bridgehead atoms. The number of thiophene rings is 1. The molecule has 0 radical (unpaired) electrons. The highest BCUT2D eigenvalue weighted by Gasteiger charge is 2.52. The van der Waals surface area contributed by atoms with Crippen molar-refractivity contribution in [3.63, 3.8) is 0 Å². The molecule has 0 saturated carbocycles. The summed E-state index contributed by atoms with van der Waals surface area (Å²) in [6.07, 6.45) is 1.90. The second kappa shape index (κ2) is 11.6. The zero-order valence-corrected chi connectivity index (χ0v) is 30.6. The highest BCUT2D eigenvalue weighted by molar-refractivity contribution is 7.26. The molecule has 0 unspecified atom stereocenters. The van der Waals surface area contributed by atoms with Crippen LogP contribution in [0.4, 0.5) is 17.1 Å². The van der Waals surface area contributed by atoms with E-state index < -0.39 is 5.41 Å². The summed E-state index contributed by atoms with van der Waals surface area (Å²) in [7, 11) is 0. The van der Waals surface area contributed by atoms with Gasteiger partial charge in [0.1, 0.15) is 0 Å². The zero-order valence-electron chi connectivity index (χ0n) is 29.8. The fraction of sp³-hybridized carbons (Fsp3) is 0.0192. The molecule has 0 N–H and O–H groups in total. The molecule has 0 atom stereocenters. The molecule has 3 heteroatoms. The molecule has 2 aliphatic carbocycles. The maximum atomic E-state index is 4.82. The molecule has 2 nitrogen and oxygen atoms in total. The van der Waals surface area contributed by atoms with Crippen LogP contribution in [0, 0.1) is 0 Å². The molecule has 12 rings (SSSR count). The molecule has 256 valence electrons. The van der Waals surface area contributed by atoms with Crippen molar-refractivity contribution in [3.05, 3.63) is 217 Å². The average Bonchev–Trinajstić information content (AvgIpc) is 3.89. The lowest BCUT2D eigenvalue weighted by Crippen LogP contribution is -2.26. The Morgan fingerprint density at radius 2 is 1.07 bits per heavy atom. The third kappa shape index (κ3) is 4.22. The van der Waals surface area contributed by atoms with Gasteiger partial charge in [-0.1, -0.05) is 152 Å². The Hall–Kier alpha value is -6.81. The van der Waals surface area contributed by atoms with Crippen molar-refractivity contribution >= 4 is 59.5 Å². The Balaban J connectivity index is 1.13. The summed E-state index contributed by atoms with van der Waals surface area (Å²) in [5.41, 5.74) is 17.0. The largest absolute Gasteiger partial charge is 0.310 e. The minimum Gasteiger partial charge on any atom is -0.310 e. The van der Waals surface area contributed by atoms with Crippen LogP contribution in [0.3, 0.4) is 0 Å². The van der Waals surface area contributed by atoms with Gasteiger partial charge in [0.25, 0.3) is 0 Å². The number of fused-ring (bicyclic) bond motifs is 15. The minimum atomic E-state index is -0.415. The number of benzene rings is 8. The lowest BCUT2D eigenvalue weighted by atomic mass is 9.70. The monoisotopic (exact) mass is 716 g/mol. The van der Waals surface area contributed by atoms with E-state index in [0.717, 1.165) is 16.9 Å². The summed E-state index contributed by atoms with van der Waals surface area (Å²) in [5, 5.41) is 3.69. The molecule has 1 spiro atoms. The first-order valence-electron chi connectivity index (χ1n) is 18.9. The lowest BCUT2D eigenvalue weighted by molar-refractivity contribution is 0.794. The Labute approximate surface area is 323 Å². The fourth-order valence-electron chi connectivity index (χ4n) is 9.67. The summed E-state index contributed by atoms with van der Waals surface area (Å²) in [6, 6.07) is 69.5. The molecule has 2 heterocycles. The highest BCUT2D eigenvalue weighted by atomic mass is 32.1. The lowest BCUT2D eigenvalue weighted by Gasteiger charge is -2.32. The van der Waals surface area contributed by atoms with Gasteiger partial charge >= 0.3 is 0 Å². The second-order valence-corrected chi connectivity index (χ2v) is 15.7. The van der Waals surface area contributed by atoms with E-state index in [0.29, 0.717) is 0 Å². The van der Waals surface area contributed by atoms with Gasteiger partial charge in [0, 0.05) is 44.0 Å². The molecule has 10 aromatic rings. The molecule has 0 saturated heterocycles. The SMILES string of the molecule is c1ccc(-c2ccc(N(c3ccc4c(c3)sc3c4ccc4cccnc43)c3cccc4c3-c3ccccc3C43c4ccccc4-c4ccccc43)cc2)cc1. The van der Waals surface area contributed by atoms with E-state index in [-0.39, 0.29) is 0 Å². The van der Waals surface area contributed by atoms with Crippen molar-refractivity contribution in [1.29, 1.82) is 0 Å². The number of rotatable bonds is 4. The van der Waals surface area contributed by atoms with Crippen LogP contribution in [-0.4, -0.2) is 4.98 Å². The van der Waals surface area contributed by atoms with Crippen LogP contribution in [-0.2, 0) is 5.41 Å². The van der Waals surface area contributed by atoms with Gasteiger partial charge < -0.3 is 4.90 Å². The van der Waals surface area contributed by atoms with E-state index in [2.05, 4.69) is 187 Å². The zero-order chi connectivity index (χ0) is 36.1. The normalized spacial score (nSPS) is 13.2. The van der Waals surface area contributed by atoms with Gasteiger partial charge in [-0.25, -0.2) is 0 Å². The molecular weight excluding hydrogens is 685 g/mol. The van der Waals surface area contributed by atoms with Crippen molar-refractivity contribution in [2.24, 2.45) is 0 Å². The second-order valence-electron chi connectivity index (χ2n) is 14.6. The van der Waals surface area contributed by atoms with E-state index >= 15 is 0 Å². The number of anilines is 3. The van der Waals surface area contributed by atoms with Gasteiger partial charge in [0.2, 0.25) is 0 Å². The number of hydrogen-bond donors (Lipinski definition) is 0. The summed E-state index contributed by atoms with van der Waals surface area (Å²) in [6.45, 7) is 0. The third-order valence-electron chi connectivity index (χ3n) is 11.9. The third-order valence-corrected chi connectivity index (χ3v) is 13.1. The first-order chi connectivity index (χ1) is 27.3. The van der Waals surface area contributed by atoms with Gasteiger partial charge in [0.05, 0.1) is 21.3 Å². The van der Waals surface area contributed by atoms with E-state index in [1.165, 1.54) is 86.9 Å². The van der Waals surface area contributed by atoms with Gasteiger partial charge in [-0.15, -0.1) is 11.3 Å². The van der Waals surface area contributed by atoms with Crippen molar-refractivity contribution < 1.29 is 0 Å². The van der Waals surface area contributed by atoms with E-state index in [1.54, 1.807) is 0 Å². The standard InChI is InChI=1S/C52H32N2S/c1-2-12-33(13-3-1)34-23-26-36(27-24-34)54(37-28-30-40-41-29-25-35-14-11-31-53-50(35)51(41)55-48(40)32-37)47-22-10-21-46-49(47)42-17-6-9-20-45(42)52(46)43-18-7-4-15-38(43)39-16-5-8-19-44(39)52/h1-32H. The molecule has 2 aliphatic rings. The first-order valence-corrected chi connectivity index (χ1v) is 19.7. The first kappa shape index (κ1) is 30.6. The predicted octanol–water partition coefficient (Wildman–Crippen LogP) is 14.1. The minimum absolute atomic E-state index is 0.415. The van der Waals surface area contributed by atoms with Crippen LogP contribution in [0.2, 0.25) is 0 Å². The van der Waals surface area contributed by atoms with Crippen LogP contribution in [0.5, 0.6) is 0 Å². The van der Waals surface area contributed by atoms with Crippen molar-refractivity contribution in [1.82, 2.24) is 4.98 Å². The molecule has 8 aromatic carbocycles. The van der Waals surface area contributed by atoms with Crippen molar-refractivity contribution in [2.75, 3.05) is 4.90 Å². The molecule has 2 aromatic heterocycles. The number of aromatic nitrogens is 1. The van der Waals surface area contributed by atoms with Crippen LogP contribution < -0.4 is 4.90 Å². The number of nitrogens with zero attached hydrogens (tertiary/aromatic N) is 2. The Bertz CT molecular complexity index is 3110. The average molecular weight is 717 g/mol. The van der Waals surface area contributed by atoms with Crippen LogP contribution in [0.25, 0.3) is 64.5 Å². The maximum absolute atomic E-state index is 4.82. The topological polar surface area (TPSA) is 16.1 Å². The smallest absolute Gasteiger partial charge is 0.0880 e. The Morgan fingerprint density at radius 3 is 1.84 bits per heavy atom. The number of pyridine rings is 1. The number of hydrogen-bond acceptors (Lipinski definition) is 3. The van der Waals surface area contributed by atoms with E-state index in [4.69, 9.17) is 4.98 Å². The van der Waals surface area contributed by atoms with Gasteiger partial charge in [-0.05, 0) is 86.5 Å². The molecule has 0 amide bonds. The quantitative estimate of drug-likeness (QED) is 0.180. The van der Waals surface area contributed by atoms with Gasteiger partial charge in [-0.2, -0.15) is 0 Å². The highest BCUT2D eigenvalue weighted by Crippen LogP contribution is 2.64. The summed E-state index contributed by atoms with van der Waals surface area (Å²) in [4.78, 5) is 7.30. The van der Waals surface area contributed by atoms with Crippen molar-refractivity contribution in [3.8, 4) is 33.4 Å². The predicted molar refractivity (Wildman–Crippen MR) is 231 cm³/mol. The van der Waals surface area contributed by atoms with Gasteiger partial charge in [-0.3, -0.25) is 4.98 Å². The maximum Gasteiger partial charge on any atom is 0.0880 e. The van der Waals surface area contributed by atoms with Crippen molar-refractivity contribution in [2.45, 2.75) is 5.41 Å². The Kier molecular flexibility index (Phi) is 6.46. The summed E-state index contributed by atoms with van der Waals surface area (Å²) in [5.74, 6) is 0. The van der Waals surface area contributed by atoms with E-state index in [9.17, 15) is 0 Å².